The van der Waals surface area contributed by atoms with Crippen LogP contribution in [0.3, 0.4) is 0 Å². The summed E-state index contributed by atoms with van der Waals surface area (Å²) >= 11 is 14.2. The minimum absolute atomic E-state index is 0.165. The van der Waals surface area contributed by atoms with Gasteiger partial charge in [-0.15, -0.1) is 11.3 Å². The van der Waals surface area contributed by atoms with E-state index in [9.17, 15) is 19.2 Å². The number of hydrogen-bond donors (Lipinski definition) is 1. The van der Waals surface area contributed by atoms with Crippen molar-refractivity contribution in [1.82, 2.24) is 4.90 Å². The van der Waals surface area contributed by atoms with E-state index in [0.717, 1.165) is 58.3 Å². The number of aryl methyl sites for hydroxylation is 1. The molecule has 2 heterocycles. The van der Waals surface area contributed by atoms with Crippen molar-refractivity contribution in [2.45, 2.75) is 46.1 Å². The Balaban J connectivity index is 1.27. The van der Waals surface area contributed by atoms with E-state index in [2.05, 4.69) is 5.32 Å². The van der Waals surface area contributed by atoms with Crippen LogP contribution in [0.15, 0.2) is 41.3 Å². The standard InChI is InChI=1S/C32H30Cl2N2O7S2/c1-3-41-24-14-18(10-12-23(24)43-17-19-9-11-21(33)22(34)13-19)15-26-30(38)36(32(40)45-26)16-27(37)35-29-28(31(39)42-4-2)20-7-5-6-8-25(20)44-29/h9-15H,3-8,16-17H2,1-2H3,(H,35,37). The van der Waals surface area contributed by atoms with Crippen LogP contribution in [0.1, 0.15) is 58.6 Å². The van der Waals surface area contributed by atoms with Crippen LogP contribution in [0.5, 0.6) is 11.5 Å². The van der Waals surface area contributed by atoms with E-state index in [1.807, 2.05) is 13.0 Å². The van der Waals surface area contributed by atoms with Crippen LogP contribution < -0.4 is 14.8 Å². The van der Waals surface area contributed by atoms with Crippen LogP contribution in [0.4, 0.5) is 9.80 Å². The van der Waals surface area contributed by atoms with Gasteiger partial charge >= 0.3 is 5.97 Å². The zero-order valence-corrected chi connectivity index (χ0v) is 27.7. The number of esters is 1. The number of hydrogen-bond acceptors (Lipinski definition) is 9. The van der Waals surface area contributed by atoms with E-state index in [0.29, 0.717) is 44.3 Å². The number of anilines is 1. The van der Waals surface area contributed by atoms with Gasteiger partial charge in [0.25, 0.3) is 11.1 Å². The predicted molar refractivity (Wildman–Crippen MR) is 177 cm³/mol. The second-order valence-corrected chi connectivity index (χ2v) is 13.0. The van der Waals surface area contributed by atoms with Crippen molar-refractivity contribution in [1.29, 1.82) is 0 Å². The van der Waals surface area contributed by atoms with E-state index < -0.39 is 29.6 Å². The molecule has 1 fully saturated rings. The average molecular weight is 690 g/mol. The number of imide groups is 1. The highest BCUT2D eigenvalue weighted by molar-refractivity contribution is 8.18. The summed E-state index contributed by atoms with van der Waals surface area (Å²) in [5.74, 6) is -0.708. The molecule has 1 aliphatic heterocycles. The number of ether oxygens (including phenoxy) is 3. The Morgan fingerprint density at radius 2 is 1.78 bits per heavy atom. The van der Waals surface area contributed by atoms with Gasteiger partial charge in [0.2, 0.25) is 5.91 Å². The first-order valence-corrected chi connectivity index (χ1v) is 16.8. The molecular weight excluding hydrogens is 659 g/mol. The Bertz CT molecular complexity index is 1690. The zero-order valence-electron chi connectivity index (χ0n) is 24.6. The summed E-state index contributed by atoms with van der Waals surface area (Å²) in [6.07, 6.45) is 5.09. The number of fused-ring (bicyclic) bond motifs is 1. The third-order valence-electron chi connectivity index (χ3n) is 7.02. The monoisotopic (exact) mass is 688 g/mol. The summed E-state index contributed by atoms with van der Waals surface area (Å²) in [4.78, 5) is 53.9. The van der Waals surface area contributed by atoms with Gasteiger partial charge in [-0.3, -0.25) is 19.3 Å². The van der Waals surface area contributed by atoms with Crippen molar-refractivity contribution >= 4 is 80.4 Å². The predicted octanol–water partition coefficient (Wildman–Crippen LogP) is 7.76. The number of thioether (sulfide) groups is 1. The summed E-state index contributed by atoms with van der Waals surface area (Å²) in [6.45, 7) is 3.89. The molecule has 2 aliphatic rings. The van der Waals surface area contributed by atoms with Gasteiger partial charge in [0.1, 0.15) is 18.2 Å². The number of nitrogens with zero attached hydrogens (tertiary/aromatic N) is 1. The van der Waals surface area contributed by atoms with Crippen LogP contribution in [0, 0.1) is 0 Å². The first-order chi connectivity index (χ1) is 21.7. The van der Waals surface area contributed by atoms with Gasteiger partial charge in [-0.2, -0.15) is 0 Å². The zero-order chi connectivity index (χ0) is 32.1. The summed E-state index contributed by atoms with van der Waals surface area (Å²) in [6, 6.07) is 10.4. The van der Waals surface area contributed by atoms with E-state index >= 15 is 0 Å². The third kappa shape index (κ3) is 7.66. The molecule has 3 amide bonds. The van der Waals surface area contributed by atoms with Gasteiger partial charge < -0.3 is 19.5 Å². The number of nitrogens with one attached hydrogen (secondary N) is 1. The van der Waals surface area contributed by atoms with Crippen LogP contribution >= 0.6 is 46.3 Å². The lowest BCUT2D eigenvalue weighted by Crippen LogP contribution is -2.36. The van der Waals surface area contributed by atoms with Crippen LogP contribution in [0.25, 0.3) is 6.08 Å². The van der Waals surface area contributed by atoms with Crippen molar-refractivity contribution in [3.63, 3.8) is 0 Å². The molecule has 0 saturated carbocycles. The van der Waals surface area contributed by atoms with Gasteiger partial charge in [0.15, 0.2) is 11.5 Å². The number of rotatable bonds is 11. The van der Waals surface area contributed by atoms with Crippen molar-refractivity contribution < 1.29 is 33.4 Å². The van der Waals surface area contributed by atoms with E-state index in [1.165, 1.54) is 11.3 Å². The SMILES string of the molecule is CCOC(=O)c1c(NC(=O)CN2C(=O)SC(=Cc3ccc(OCc4ccc(Cl)c(Cl)c4)c(OCC)c3)C2=O)sc2c1CCCC2. The molecule has 5 rings (SSSR count). The first kappa shape index (κ1) is 32.9. The number of carbonyl (C=O) groups is 4. The van der Waals surface area contributed by atoms with Gasteiger partial charge in [0.05, 0.1) is 33.7 Å². The Morgan fingerprint density at radius 3 is 2.53 bits per heavy atom. The summed E-state index contributed by atoms with van der Waals surface area (Å²) in [5, 5.41) is 3.46. The molecular formula is C32H30Cl2N2O7S2. The molecule has 3 aromatic rings. The quantitative estimate of drug-likeness (QED) is 0.161. The molecule has 1 aliphatic carbocycles. The fourth-order valence-electron chi connectivity index (χ4n) is 4.96. The molecule has 0 bridgehead atoms. The molecule has 13 heteroatoms. The number of amides is 3. The maximum Gasteiger partial charge on any atom is 0.341 e. The van der Waals surface area contributed by atoms with Gasteiger partial charge in [-0.25, -0.2) is 4.79 Å². The van der Waals surface area contributed by atoms with Gasteiger partial charge in [-0.1, -0.05) is 35.3 Å². The molecule has 236 valence electrons. The number of benzene rings is 2. The Kier molecular flexibility index (Phi) is 10.8. The Morgan fingerprint density at radius 1 is 0.978 bits per heavy atom. The van der Waals surface area contributed by atoms with Gasteiger partial charge in [-0.05, 0) is 98.3 Å². The molecule has 1 N–H and O–H groups in total. The molecule has 2 aromatic carbocycles. The topological polar surface area (TPSA) is 111 Å². The van der Waals surface area contributed by atoms with Crippen molar-refractivity contribution in [2.75, 3.05) is 25.1 Å². The lowest BCUT2D eigenvalue weighted by Gasteiger charge is -2.14. The molecule has 1 aromatic heterocycles. The van der Waals surface area contributed by atoms with Crippen LogP contribution in [-0.4, -0.2) is 47.7 Å². The van der Waals surface area contributed by atoms with Crippen LogP contribution in [-0.2, 0) is 33.8 Å². The average Bonchev–Trinajstić information content (AvgIpc) is 3.50. The lowest BCUT2D eigenvalue weighted by molar-refractivity contribution is -0.127. The summed E-state index contributed by atoms with van der Waals surface area (Å²) < 4.78 is 17.0. The largest absolute Gasteiger partial charge is 0.490 e. The fourth-order valence-corrected chi connectivity index (χ4v) is 7.42. The highest BCUT2D eigenvalue weighted by Crippen LogP contribution is 2.39. The molecule has 45 heavy (non-hydrogen) atoms. The molecule has 0 atom stereocenters. The highest BCUT2D eigenvalue weighted by Gasteiger charge is 2.37. The minimum Gasteiger partial charge on any atom is -0.490 e. The van der Waals surface area contributed by atoms with Crippen molar-refractivity contribution in [3.05, 3.63) is 78.5 Å². The van der Waals surface area contributed by atoms with E-state index in [-0.39, 0.29) is 18.1 Å². The first-order valence-electron chi connectivity index (χ1n) is 14.4. The Labute approximate surface area is 278 Å². The van der Waals surface area contributed by atoms with Crippen molar-refractivity contribution in [2.24, 2.45) is 0 Å². The Hall–Kier alpha value is -3.51. The smallest absolute Gasteiger partial charge is 0.341 e. The molecule has 0 spiro atoms. The normalized spacial score (nSPS) is 15.3. The van der Waals surface area contributed by atoms with Gasteiger partial charge in [0, 0.05) is 4.88 Å². The number of thiophene rings is 1. The lowest BCUT2D eigenvalue weighted by atomic mass is 9.95. The molecule has 0 unspecified atom stereocenters. The highest BCUT2D eigenvalue weighted by atomic mass is 35.5. The summed E-state index contributed by atoms with van der Waals surface area (Å²) in [7, 11) is 0. The molecule has 9 nitrogen and oxygen atoms in total. The molecule has 1 saturated heterocycles. The molecule has 0 radical (unpaired) electrons. The second kappa shape index (κ2) is 14.7. The minimum atomic E-state index is -0.589. The van der Waals surface area contributed by atoms with E-state index in [1.54, 1.807) is 43.3 Å². The maximum absolute atomic E-state index is 13.2. The summed E-state index contributed by atoms with van der Waals surface area (Å²) in [5.41, 5.74) is 2.71. The third-order valence-corrected chi connectivity index (χ3v) is 9.88. The number of carbonyl (C=O) groups excluding carboxylic acids is 4. The number of halogens is 2. The van der Waals surface area contributed by atoms with Crippen molar-refractivity contribution in [3.8, 4) is 11.5 Å². The fraction of sp³-hybridized carbons (Fsp3) is 0.312. The second-order valence-electron chi connectivity index (χ2n) is 10.1. The van der Waals surface area contributed by atoms with E-state index in [4.69, 9.17) is 37.4 Å². The van der Waals surface area contributed by atoms with Crippen LogP contribution in [0.2, 0.25) is 10.0 Å². The maximum atomic E-state index is 13.2.